The highest BCUT2D eigenvalue weighted by Gasteiger charge is 2.39. The molecule has 4 heteroatoms. The fraction of sp³-hybridized carbons (Fsp3) is 0.714. The van der Waals surface area contributed by atoms with Crippen LogP contribution in [0, 0.1) is 11.8 Å². The number of hydrogen-bond acceptors (Lipinski definition) is 4. The Morgan fingerprint density at radius 3 is 3.00 bits per heavy atom. The van der Waals surface area contributed by atoms with Gasteiger partial charge in [-0.05, 0) is 37.5 Å². The minimum Gasteiger partial charge on any atom is -0.478 e. The van der Waals surface area contributed by atoms with E-state index in [0.717, 1.165) is 24.1 Å². The maximum Gasteiger partial charge on any atom is 0.218 e. The largest absolute Gasteiger partial charge is 0.478 e. The van der Waals surface area contributed by atoms with Crippen molar-refractivity contribution in [2.45, 2.75) is 45.1 Å². The molecule has 2 fully saturated rings. The van der Waals surface area contributed by atoms with Gasteiger partial charge in [0.05, 0.1) is 6.61 Å². The zero-order chi connectivity index (χ0) is 12.4. The summed E-state index contributed by atoms with van der Waals surface area (Å²) in [5.41, 5.74) is 0. The summed E-state index contributed by atoms with van der Waals surface area (Å²) in [4.78, 5) is 8.42. The molecule has 0 radical (unpaired) electrons. The van der Waals surface area contributed by atoms with E-state index in [1.54, 1.807) is 6.33 Å². The Kier molecular flexibility index (Phi) is 3.35. The Bertz CT molecular complexity index is 410. The SMILES string of the molecule is CCCOc1cc(NC2CC3CCC2C3)ncn1. The van der Waals surface area contributed by atoms with Crippen LogP contribution in [0.2, 0.25) is 0 Å². The van der Waals surface area contributed by atoms with Crippen molar-refractivity contribution in [3.05, 3.63) is 12.4 Å². The molecule has 0 amide bonds. The molecule has 1 heterocycles. The van der Waals surface area contributed by atoms with Gasteiger partial charge in [-0.1, -0.05) is 13.3 Å². The fourth-order valence-electron chi connectivity index (χ4n) is 3.32. The Hall–Kier alpha value is -1.32. The van der Waals surface area contributed by atoms with E-state index in [4.69, 9.17) is 4.74 Å². The van der Waals surface area contributed by atoms with Gasteiger partial charge in [0.1, 0.15) is 12.1 Å². The van der Waals surface area contributed by atoms with Crippen molar-refractivity contribution in [2.24, 2.45) is 11.8 Å². The molecule has 1 aromatic rings. The molecule has 3 atom stereocenters. The molecule has 0 aromatic carbocycles. The van der Waals surface area contributed by atoms with Crippen molar-refractivity contribution in [3.63, 3.8) is 0 Å². The zero-order valence-corrected chi connectivity index (χ0v) is 10.9. The molecule has 1 aromatic heterocycles. The number of nitrogens with one attached hydrogen (secondary N) is 1. The second kappa shape index (κ2) is 5.12. The van der Waals surface area contributed by atoms with Gasteiger partial charge < -0.3 is 10.1 Å². The van der Waals surface area contributed by atoms with E-state index < -0.39 is 0 Å². The molecule has 0 aliphatic heterocycles. The first-order chi connectivity index (χ1) is 8.85. The maximum atomic E-state index is 5.53. The average molecular weight is 247 g/mol. The predicted molar refractivity (Wildman–Crippen MR) is 70.7 cm³/mol. The second-order valence-corrected chi connectivity index (χ2v) is 5.52. The number of anilines is 1. The minimum atomic E-state index is 0.609. The molecule has 2 aliphatic carbocycles. The van der Waals surface area contributed by atoms with Crippen molar-refractivity contribution in [1.29, 1.82) is 0 Å². The van der Waals surface area contributed by atoms with Gasteiger partial charge in [0, 0.05) is 12.1 Å². The van der Waals surface area contributed by atoms with Gasteiger partial charge in [0.15, 0.2) is 0 Å². The zero-order valence-electron chi connectivity index (χ0n) is 10.9. The van der Waals surface area contributed by atoms with Gasteiger partial charge in [-0.15, -0.1) is 0 Å². The number of ether oxygens (including phenoxy) is 1. The molecule has 3 unspecified atom stereocenters. The Morgan fingerprint density at radius 1 is 1.33 bits per heavy atom. The maximum absolute atomic E-state index is 5.53. The monoisotopic (exact) mass is 247 g/mol. The smallest absolute Gasteiger partial charge is 0.218 e. The highest BCUT2D eigenvalue weighted by atomic mass is 16.5. The molecule has 0 saturated heterocycles. The van der Waals surface area contributed by atoms with Crippen LogP contribution in [0.5, 0.6) is 5.88 Å². The summed E-state index contributed by atoms with van der Waals surface area (Å²) in [5.74, 6) is 3.39. The number of fused-ring (bicyclic) bond motifs is 2. The Balaban J connectivity index is 1.62. The molecule has 0 spiro atoms. The van der Waals surface area contributed by atoms with Crippen molar-refractivity contribution >= 4 is 5.82 Å². The summed E-state index contributed by atoms with van der Waals surface area (Å²) in [6.45, 7) is 2.81. The van der Waals surface area contributed by atoms with Gasteiger partial charge in [-0.3, -0.25) is 0 Å². The highest BCUT2D eigenvalue weighted by Crippen LogP contribution is 2.45. The number of aromatic nitrogens is 2. The van der Waals surface area contributed by atoms with Gasteiger partial charge in [0.25, 0.3) is 0 Å². The predicted octanol–water partition coefficient (Wildman–Crippen LogP) is 2.87. The van der Waals surface area contributed by atoms with E-state index in [2.05, 4.69) is 22.2 Å². The quantitative estimate of drug-likeness (QED) is 0.869. The molecule has 2 bridgehead atoms. The number of hydrogen-bond donors (Lipinski definition) is 1. The van der Waals surface area contributed by atoms with Crippen LogP contribution >= 0.6 is 0 Å². The van der Waals surface area contributed by atoms with Crippen LogP contribution in [-0.4, -0.2) is 22.6 Å². The van der Waals surface area contributed by atoms with E-state index in [0.29, 0.717) is 18.5 Å². The molecule has 3 rings (SSSR count). The average Bonchev–Trinajstić information content (AvgIpc) is 2.99. The van der Waals surface area contributed by atoms with E-state index >= 15 is 0 Å². The first kappa shape index (κ1) is 11.8. The number of nitrogens with zero attached hydrogens (tertiary/aromatic N) is 2. The van der Waals surface area contributed by atoms with Crippen LogP contribution in [0.25, 0.3) is 0 Å². The Labute approximate surface area is 108 Å². The third kappa shape index (κ3) is 2.42. The molecule has 4 nitrogen and oxygen atoms in total. The topological polar surface area (TPSA) is 47.0 Å². The minimum absolute atomic E-state index is 0.609. The molecule has 1 N–H and O–H groups in total. The molecule has 2 aliphatic rings. The molecule has 18 heavy (non-hydrogen) atoms. The lowest BCUT2D eigenvalue weighted by Gasteiger charge is -2.23. The van der Waals surface area contributed by atoms with Crippen LogP contribution in [0.1, 0.15) is 39.0 Å². The van der Waals surface area contributed by atoms with Crippen LogP contribution in [0.4, 0.5) is 5.82 Å². The molecular weight excluding hydrogens is 226 g/mol. The molecular formula is C14H21N3O. The summed E-state index contributed by atoms with van der Waals surface area (Å²) in [7, 11) is 0. The van der Waals surface area contributed by atoms with Crippen molar-refractivity contribution in [3.8, 4) is 5.88 Å². The molecule has 2 saturated carbocycles. The van der Waals surface area contributed by atoms with E-state index in [1.807, 2.05) is 6.07 Å². The summed E-state index contributed by atoms with van der Waals surface area (Å²) in [6, 6.07) is 2.53. The van der Waals surface area contributed by atoms with Crippen LogP contribution in [0.3, 0.4) is 0 Å². The summed E-state index contributed by atoms with van der Waals surface area (Å²) < 4.78 is 5.53. The van der Waals surface area contributed by atoms with Crippen LogP contribution < -0.4 is 10.1 Å². The third-order valence-corrected chi connectivity index (χ3v) is 4.17. The lowest BCUT2D eigenvalue weighted by Crippen LogP contribution is -2.26. The lowest BCUT2D eigenvalue weighted by molar-refractivity contribution is 0.305. The number of rotatable bonds is 5. The normalized spacial score (nSPS) is 29.5. The van der Waals surface area contributed by atoms with Crippen LogP contribution in [0.15, 0.2) is 12.4 Å². The summed E-state index contributed by atoms with van der Waals surface area (Å²) >= 11 is 0. The van der Waals surface area contributed by atoms with E-state index in [9.17, 15) is 0 Å². The van der Waals surface area contributed by atoms with Gasteiger partial charge in [0.2, 0.25) is 5.88 Å². The van der Waals surface area contributed by atoms with Crippen molar-refractivity contribution in [1.82, 2.24) is 9.97 Å². The van der Waals surface area contributed by atoms with Gasteiger partial charge in [-0.2, -0.15) is 0 Å². The summed E-state index contributed by atoms with van der Waals surface area (Å²) in [5, 5.41) is 3.56. The first-order valence-corrected chi connectivity index (χ1v) is 7.06. The third-order valence-electron chi connectivity index (χ3n) is 4.17. The summed E-state index contributed by atoms with van der Waals surface area (Å²) in [6.07, 6.45) is 8.10. The van der Waals surface area contributed by atoms with E-state index in [-0.39, 0.29) is 0 Å². The second-order valence-electron chi connectivity index (χ2n) is 5.52. The Morgan fingerprint density at radius 2 is 2.28 bits per heavy atom. The molecule has 98 valence electrons. The van der Waals surface area contributed by atoms with Crippen molar-refractivity contribution in [2.75, 3.05) is 11.9 Å². The van der Waals surface area contributed by atoms with E-state index in [1.165, 1.54) is 25.7 Å². The van der Waals surface area contributed by atoms with Crippen molar-refractivity contribution < 1.29 is 4.74 Å². The highest BCUT2D eigenvalue weighted by molar-refractivity contribution is 5.38. The van der Waals surface area contributed by atoms with Gasteiger partial charge in [-0.25, -0.2) is 9.97 Å². The standard InChI is InChI=1S/C14H21N3O/c1-2-5-18-14-8-13(15-9-16-14)17-12-7-10-3-4-11(12)6-10/h8-12H,2-7H2,1H3,(H,15,16,17). The fourth-order valence-corrected chi connectivity index (χ4v) is 3.32. The van der Waals surface area contributed by atoms with Gasteiger partial charge >= 0.3 is 0 Å². The lowest BCUT2D eigenvalue weighted by atomic mass is 9.95. The van der Waals surface area contributed by atoms with Crippen LogP contribution in [-0.2, 0) is 0 Å². The first-order valence-electron chi connectivity index (χ1n) is 7.06.